The van der Waals surface area contributed by atoms with Gasteiger partial charge in [0.1, 0.15) is 23.2 Å². The summed E-state index contributed by atoms with van der Waals surface area (Å²) in [4.78, 5) is 28.0. The molecule has 10 nitrogen and oxygen atoms in total. The van der Waals surface area contributed by atoms with Crippen molar-refractivity contribution < 1.29 is 32.1 Å². The number of aromatic nitrogens is 7. The zero-order valence-electron chi connectivity index (χ0n) is 93.0. The van der Waals surface area contributed by atoms with Crippen molar-refractivity contribution in [3.05, 3.63) is 393 Å². The average molecular weight is 1900 g/mol. The van der Waals surface area contributed by atoms with Gasteiger partial charge >= 0.3 is 0 Å². The quantitative estimate of drug-likeness (QED) is 0.131. The lowest BCUT2D eigenvalue weighted by atomic mass is 9.85. The van der Waals surface area contributed by atoms with Crippen molar-refractivity contribution in [1.29, 1.82) is 0 Å². The van der Waals surface area contributed by atoms with Crippen molar-refractivity contribution in [3.8, 4) is 5.75 Å². The van der Waals surface area contributed by atoms with Crippen molar-refractivity contribution in [2.45, 2.75) is 362 Å². The van der Waals surface area contributed by atoms with E-state index in [4.69, 9.17) is 14.6 Å². The van der Waals surface area contributed by atoms with Gasteiger partial charge in [0.2, 0.25) is 5.95 Å². The normalized spacial score (nSPS) is 11.6. The molecule has 0 amide bonds. The number of fused-ring (bicyclic) bond motifs is 1. The van der Waals surface area contributed by atoms with Gasteiger partial charge in [-0.2, -0.15) is 4.39 Å². The lowest BCUT2D eigenvalue weighted by Gasteiger charge is -2.21. The maximum Gasteiger partial charge on any atom is 0.212 e. The molecule has 0 unspecified atom stereocenters. The number of aliphatic hydroxyl groups is 1. The third-order valence-corrected chi connectivity index (χ3v) is 21.9. The van der Waals surface area contributed by atoms with Crippen LogP contribution in [0, 0.1) is 44.2 Å². The van der Waals surface area contributed by atoms with Gasteiger partial charge < -0.3 is 14.6 Å². The molecule has 0 saturated heterocycles. The Hall–Kier alpha value is -10.9. The number of nitrogens with zero attached hydrogens (tertiary/aromatic N) is 7. The highest BCUT2D eigenvalue weighted by Gasteiger charge is 2.23. The van der Waals surface area contributed by atoms with Crippen molar-refractivity contribution in [1.82, 2.24) is 34.9 Å². The number of pyridine rings is 7. The Morgan fingerprint density at radius 2 is 0.676 bits per heavy atom. The second kappa shape index (κ2) is 55.9. The average Bonchev–Trinajstić information content (AvgIpc) is 0.802. The first-order valence-electron chi connectivity index (χ1n) is 48.6. The Morgan fingerprint density at radius 3 is 1.04 bits per heavy atom. The molecule has 139 heavy (non-hydrogen) atoms. The molecule has 0 bridgehead atoms. The molecule has 0 aliphatic rings. The number of aryl methyl sites for hydroxylation is 4. The fourth-order valence-corrected chi connectivity index (χ4v) is 12.6. The van der Waals surface area contributed by atoms with Crippen molar-refractivity contribution in [2.24, 2.45) is 0 Å². The maximum absolute atomic E-state index is 13.1. The van der Waals surface area contributed by atoms with Crippen molar-refractivity contribution in [3.63, 3.8) is 0 Å². The third kappa shape index (κ3) is 50.7. The minimum atomic E-state index is -0.419. The Morgan fingerprint density at radius 1 is 0.281 bits per heavy atom. The van der Waals surface area contributed by atoms with Crippen LogP contribution >= 0.6 is 0 Å². The van der Waals surface area contributed by atoms with E-state index in [1.807, 2.05) is 130 Å². The van der Waals surface area contributed by atoms with Crippen LogP contribution in [-0.2, 0) is 83.9 Å². The second-order valence-electron chi connectivity index (χ2n) is 47.5. The van der Waals surface area contributed by atoms with Crippen molar-refractivity contribution >= 4 is 10.9 Å². The first kappa shape index (κ1) is 124. The Balaban J connectivity index is 0.000000513. The lowest BCUT2D eigenvalue weighted by Crippen LogP contribution is -2.18. The van der Waals surface area contributed by atoms with Crippen LogP contribution in [0.25, 0.3) is 10.9 Å². The first-order chi connectivity index (χ1) is 63.8. The third-order valence-electron chi connectivity index (χ3n) is 21.9. The Labute approximate surface area is 839 Å². The van der Waals surface area contributed by atoms with Gasteiger partial charge in [0.05, 0.1) is 43.8 Å². The first-order valence-corrected chi connectivity index (χ1v) is 48.6. The SMILES string of the molecule is CC(C)(C)OCc1ccc(F)cc1.CC(C)(C)c1ccc(F)nc1.CC(C)(C)c1cccc2cccnc12.CC(C)(C)c1ccccc1F.CC(C)(C)c1ccncc1.CC(C)(C)c1cncc(CO)c1.CC(C)(C)c1cncc(F)c1.CCc1ccc(C(C)(C)C)cc1.COc1cnccc1C(C)(C)C.Cc1ccc(C(C)(C)C)cc1.Cc1ccc(C(C)(C)C)cc1.Cc1cncc(C(C)(C)C)c1. The molecule has 0 radical (unpaired) electrons. The van der Waals surface area contributed by atoms with E-state index in [0.717, 1.165) is 51.1 Å². The summed E-state index contributed by atoms with van der Waals surface area (Å²) in [5.74, 6) is -0.139. The molecule has 13 aromatic rings. The van der Waals surface area contributed by atoms with Crippen LogP contribution in [0.4, 0.5) is 17.6 Å². The highest BCUT2D eigenvalue weighted by Crippen LogP contribution is 2.34. The lowest BCUT2D eigenvalue weighted by molar-refractivity contribution is -0.0149. The fourth-order valence-electron chi connectivity index (χ4n) is 12.6. The molecule has 0 aliphatic carbocycles. The zero-order chi connectivity index (χ0) is 106. The molecule has 1 N–H and O–H groups in total. The summed E-state index contributed by atoms with van der Waals surface area (Å²) in [5.41, 5.74) is 23.1. The van der Waals surface area contributed by atoms with Gasteiger partial charge in [-0.1, -0.05) is 386 Å². The van der Waals surface area contributed by atoms with E-state index in [-0.39, 0.29) is 89.2 Å². The molecule has 6 aromatic carbocycles. The van der Waals surface area contributed by atoms with Gasteiger partial charge in [0.15, 0.2) is 0 Å². The molecular formula is C125H175F4N7O3. The van der Waals surface area contributed by atoms with Gasteiger partial charge in [0.25, 0.3) is 0 Å². The molecule has 0 spiro atoms. The van der Waals surface area contributed by atoms with Gasteiger partial charge in [0, 0.05) is 72.9 Å². The summed E-state index contributed by atoms with van der Waals surface area (Å²) in [6.45, 7) is 86.2. The number of aliphatic hydroxyl groups excluding tert-OH is 1. The van der Waals surface area contributed by atoms with E-state index in [9.17, 15) is 17.6 Å². The summed E-state index contributed by atoms with van der Waals surface area (Å²) < 4.78 is 61.3. The van der Waals surface area contributed by atoms with Gasteiger partial charge in [-0.05, 0) is 246 Å². The van der Waals surface area contributed by atoms with Crippen LogP contribution in [0.2, 0.25) is 0 Å². The minimum Gasteiger partial charge on any atom is -0.495 e. The van der Waals surface area contributed by atoms with Crippen LogP contribution in [0.1, 0.15) is 351 Å². The number of para-hydroxylation sites is 1. The molecule has 7 aromatic heterocycles. The van der Waals surface area contributed by atoms with Crippen LogP contribution < -0.4 is 4.74 Å². The molecule has 0 aliphatic heterocycles. The maximum atomic E-state index is 13.1. The largest absolute Gasteiger partial charge is 0.495 e. The number of ether oxygens (including phenoxy) is 2. The topological polar surface area (TPSA) is 129 Å². The standard InChI is InChI=1S/C13H15N.C12H18.C11H15FO.2C11H16.C10H13F.2C10H15NO.C10H15N.2C9H12FN.C9H13N/c1-13(2,3)11-8-4-6-10-7-5-9-14-12(10)11;1-5-10-6-8-11(9-7-10)12(2,3)4;1-11(2,3)13-8-9-4-6-10(12)7-5-9;2*1-9-5-7-10(8-6-9)11(2,3)4;1-10(2,3)8-6-4-5-7-9(8)11;1-10(2,3)9-4-8(7-12)5-11-6-9;1-10(2,3)8-5-6-11-7-9(8)12-4;1-8-5-9(7-11-6-8)10(2,3)4;1-9(2,3)7-4-8(10)6-11-5-7;1-9(2,3)7-4-5-8(10)11-6-7;1-9(2,3)8-4-6-10-7-5-8/h4-9H,1-3H3;6-9H,5H2,1-4H3;4-7H,8H2,1-3H3;2*5-8H,1-4H3;4-7H,1-3H3;4-6,12H,7H2,1-3H3;5-7H,1-4H3;5-7H,1-4H3;2*4-6H,1-3H3;4-7H,1-3H3. The summed E-state index contributed by atoms with van der Waals surface area (Å²) >= 11 is 0. The molecule has 0 fully saturated rings. The van der Waals surface area contributed by atoms with E-state index < -0.39 is 5.95 Å². The van der Waals surface area contributed by atoms with Gasteiger partial charge in [-0.3, -0.25) is 29.9 Å². The molecule has 0 atom stereocenters. The number of rotatable bonds is 5. The molecule has 756 valence electrons. The monoisotopic (exact) mass is 1900 g/mol. The molecule has 14 heteroatoms. The van der Waals surface area contributed by atoms with Crippen LogP contribution in [-0.4, -0.2) is 52.7 Å². The number of hydrogen-bond acceptors (Lipinski definition) is 10. The van der Waals surface area contributed by atoms with Gasteiger partial charge in [-0.15, -0.1) is 0 Å². The predicted octanol–water partition coefficient (Wildman–Crippen LogP) is 34.3. The summed E-state index contributed by atoms with van der Waals surface area (Å²) in [7, 11) is 1.67. The van der Waals surface area contributed by atoms with E-state index in [1.165, 1.54) is 103 Å². The summed E-state index contributed by atoms with van der Waals surface area (Å²) in [5, 5.41) is 10.1. The number of benzene rings is 6. The summed E-state index contributed by atoms with van der Waals surface area (Å²) in [6, 6.07) is 65.1. The predicted molar refractivity (Wildman–Crippen MR) is 586 cm³/mol. The van der Waals surface area contributed by atoms with Crippen LogP contribution in [0.15, 0.2) is 275 Å². The Kier molecular flexibility index (Phi) is 49.9. The molecule has 13 rings (SSSR count). The molecule has 0 saturated carbocycles. The summed E-state index contributed by atoms with van der Waals surface area (Å²) in [6.07, 6.45) is 22.1. The van der Waals surface area contributed by atoms with E-state index in [1.54, 1.807) is 62.4 Å². The van der Waals surface area contributed by atoms with Gasteiger partial charge in [-0.25, -0.2) is 18.2 Å². The van der Waals surface area contributed by atoms with E-state index >= 15 is 0 Å². The van der Waals surface area contributed by atoms with Crippen LogP contribution in [0.3, 0.4) is 0 Å². The zero-order valence-corrected chi connectivity index (χ0v) is 93.0. The molecular weight excluding hydrogens is 1720 g/mol. The second-order valence-corrected chi connectivity index (χ2v) is 47.5. The minimum absolute atomic E-state index is 0.0188. The Bertz CT molecular complexity index is 5420. The number of hydrogen-bond donors (Lipinski definition) is 1. The smallest absolute Gasteiger partial charge is 0.212 e. The van der Waals surface area contributed by atoms with E-state index in [2.05, 4.69) is 365 Å². The highest BCUT2D eigenvalue weighted by molar-refractivity contribution is 5.82. The van der Waals surface area contributed by atoms with Crippen molar-refractivity contribution in [2.75, 3.05) is 7.11 Å². The highest BCUT2D eigenvalue weighted by atomic mass is 19.1. The number of methoxy groups -OCH3 is 1. The van der Waals surface area contributed by atoms with E-state index in [0.29, 0.717) is 6.61 Å². The fraction of sp³-hybridized carbons (Fsp3) is 0.448. The number of halogens is 4. The van der Waals surface area contributed by atoms with Crippen LogP contribution in [0.5, 0.6) is 5.75 Å². The molecule has 7 heterocycles.